The number of benzene rings is 1. The minimum Gasteiger partial charge on any atom is -0.495 e. The van der Waals surface area contributed by atoms with Gasteiger partial charge in [0.15, 0.2) is 34.5 Å². The van der Waals surface area contributed by atoms with Gasteiger partial charge in [-0.05, 0) is 86.6 Å². The fourth-order valence-electron chi connectivity index (χ4n) is 12.1. The van der Waals surface area contributed by atoms with Gasteiger partial charge in [0.25, 0.3) is 23.6 Å². The molecular weight excluding hydrogens is 1280 g/mol. The van der Waals surface area contributed by atoms with Crippen LogP contribution in [0.4, 0.5) is 84.4 Å². The highest BCUT2D eigenvalue weighted by molar-refractivity contribution is 7.17. The summed E-state index contributed by atoms with van der Waals surface area (Å²) in [4.78, 5) is 111. The highest BCUT2D eigenvalue weighted by Gasteiger charge is 2.37. The smallest absolute Gasteiger partial charge is 0.280 e. The number of aryl methyl sites for hydroxylation is 5. The lowest BCUT2D eigenvalue weighted by Gasteiger charge is -2.42. The number of fused-ring (bicyclic) bond motifs is 6. The first kappa shape index (κ1) is 66.2. The van der Waals surface area contributed by atoms with Gasteiger partial charge in [-0.3, -0.25) is 33.4 Å². The van der Waals surface area contributed by atoms with Crippen molar-refractivity contribution < 1.29 is 23.9 Å². The van der Waals surface area contributed by atoms with Gasteiger partial charge < -0.3 is 59.9 Å². The molecule has 30 nitrogen and oxygen atoms in total. The highest BCUT2D eigenvalue weighted by atomic mass is 32.1. The number of thiazole rings is 3. The molecule has 14 rings (SSSR count). The molecule has 8 aromatic heterocycles. The van der Waals surface area contributed by atoms with E-state index in [1.807, 2.05) is 122 Å². The molecule has 9 aromatic rings. The number of hydrogen-bond donors (Lipinski definition) is 3. The predicted molar refractivity (Wildman–Crippen MR) is 375 cm³/mol. The maximum absolute atomic E-state index is 13.4. The van der Waals surface area contributed by atoms with Crippen LogP contribution < -0.4 is 50.1 Å². The molecule has 13 heterocycles. The van der Waals surface area contributed by atoms with Crippen LogP contribution in [-0.4, -0.2) is 203 Å². The predicted octanol–water partition coefficient (Wildman–Crippen LogP) is 8.84. The van der Waals surface area contributed by atoms with Gasteiger partial charge in [0.2, 0.25) is 17.8 Å². The van der Waals surface area contributed by atoms with Gasteiger partial charge in [-0.2, -0.15) is 25.1 Å². The van der Waals surface area contributed by atoms with E-state index in [0.29, 0.717) is 112 Å². The fourth-order valence-corrected chi connectivity index (χ4v) is 14.7. The van der Waals surface area contributed by atoms with Crippen LogP contribution in [0.3, 0.4) is 0 Å². The van der Waals surface area contributed by atoms with E-state index in [0.717, 1.165) is 99.2 Å². The summed E-state index contributed by atoms with van der Waals surface area (Å²) in [6.45, 7) is 20.8. The summed E-state index contributed by atoms with van der Waals surface area (Å²) in [6.07, 6.45) is 12.3. The third kappa shape index (κ3) is 12.9. The van der Waals surface area contributed by atoms with E-state index < -0.39 is 0 Å². The zero-order valence-electron chi connectivity index (χ0n) is 56.2. The Morgan fingerprint density at radius 3 is 1.41 bits per heavy atom. The molecule has 96 heavy (non-hydrogen) atoms. The third-order valence-corrected chi connectivity index (χ3v) is 20.5. The number of nitrogens with zero attached hydrogens (tertiary/aromatic N) is 22. The summed E-state index contributed by atoms with van der Waals surface area (Å²) in [5.74, 6) is 3.27. The summed E-state index contributed by atoms with van der Waals surface area (Å²) >= 11 is 4.42. The maximum Gasteiger partial charge on any atom is 0.280 e. The molecule has 33 heteroatoms. The second-order valence-corrected chi connectivity index (χ2v) is 27.1. The Kier molecular flexibility index (Phi) is 19.0. The number of anilines is 15. The zero-order valence-corrected chi connectivity index (χ0v) is 58.6. The molecule has 1 aromatic carbocycles. The molecule has 0 radical (unpaired) electrons. The minimum atomic E-state index is -0.165. The Bertz CT molecular complexity index is 4410. The van der Waals surface area contributed by atoms with Gasteiger partial charge in [-0.15, -0.1) is 34.0 Å². The Balaban J connectivity index is 0.000000144. The first-order valence-electron chi connectivity index (χ1n) is 31.5. The summed E-state index contributed by atoms with van der Waals surface area (Å²) in [5.41, 5.74) is 7.13. The second-order valence-electron chi connectivity index (χ2n) is 23.5. The Labute approximate surface area is 567 Å². The maximum atomic E-state index is 13.4. The molecule has 2 saturated heterocycles. The molecule has 2 fully saturated rings. The largest absolute Gasteiger partial charge is 0.495 e. The van der Waals surface area contributed by atoms with Crippen molar-refractivity contribution in [2.24, 2.45) is 14.1 Å². The van der Waals surface area contributed by atoms with Crippen LogP contribution in [0.15, 0.2) is 55.4 Å². The molecule has 5 aliphatic rings. The number of carbonyl (C=O) groups excluding carboxylic acids is 4. The Morgan fingerprint density at radius 1 is 0.552 bits per heavy atom. The van der Waals surface area contributed by atoms with Crippen molar-refractivity contribution in [3.8, 4) is 5.75 Å². The summed E-state index contributed by atoms with van der Waals surface area (Å²) in [6, 6.07) is 5.97. The van der Waals surface area contributed by atoms with Crippen molar-refractivity contribution in [2.45, 2.75) is 67.3 Å². The standard InChI is InChI=1S/C30H39N9O3S.C17H20N8OS.C16H18N8OS/c1-6-39-23-18-31-30(34-26(23)36(4)29-25(28(39)41)32-19(2)43-29)33-22-8-7-20(17-24(22)42-5)27(40)38-11-9-21(10-12-38)37-15-13-35(3)14-16-37;1-6-25-12-8-18-17(21-11-7-19-24(5)9(11)2)22-14(12)23(4)16-13(15(25)26)20-10(3)27-16;1-5-24-11-7-17-16(20-10-6-18-22(3)8-10)21-13(11)23(4)15-12(14(24)25)19-9(2)26-15/h7-8,17-18,21H,6,9-16H2,1-5H3,(H,31,33,34);7-8H,6H2,1-5H3,(H,18,21,22);6-8H,5H2,1-4H3,(H,17,20,21). The van der Waals surface area contributed by atoms with E-state index in [1.54, 1.807) is 68.2 Å². The molecule has 0 unspecified atom stereocenters. The molecule has 0 saturated carbocycles. The fraction of sp³-hybridized carbons (Fsp3) is 0.413. The Hall–Kier alpha value is -9.83. The van der Waals surface area contributed by atoms with Crippen LogP contribution >= 0.6 is 34.0 Å². The van der Waals surface area contributed by atoms with Gasteiger partial charge in [-0.25, -0.2) is 29.9 Å². The first-order chi connectivity index (χ1) is 46.1. The number of piperazine rings is 1. The monoisotopic (exact) mass is 1360 g/mol. The van der Waals surface area contributed by atoms with Crippen LogP contribution in [0.2, 0.25) is 0 Å². The number of nitrogens with one attached hydrogen (secondary N) is 3. The second kappa shape index (κ2) is 27.5. The Morgan fingerprint density at radius 2 is 1.00 bits per heavy atom. The van der Waals surface area contributed by atoms with E-state index in [4.69, 9.17) is 14.7 Å². The average Bonchev–Trinajstić information content (AvgIpc) is 1.63. The topological polar surface area (TPSA) is 294 Å². The van der Waals surface area contributed by atoms with E-state index in [9.17, 15) is 19.2 Å². The summed E-state index contributed by atoms with van der Waals surface area (Å²) in [7, 11) is 13.2. The lowest BCUT2D eigenvalue weighted by molar-refractivity contribution is 0.0518. The molecule has 0 spiro atoms. The molecule has 502 valence electrons. The van der Waals surface area contributed by atoms with E-state index in [1.165, 1.54) is 34.0 Å². The molecule has 4 amide bonds. The molecule has 5 aliphatic heterocycles. The number of aromatic nitrogens is 13. The van der Waals surface area contributed by atoms with Crippen molar-refractivity contribution in [3.05, 3.63) is 98.7 Å². The summed E-state index contributed by atoms with van der Waals surface area (Å²) in [5, 5.41) is 22.8. The van der Waals surface area contributed by atoms with Crippen LogP contribution in [0.25, 0.3) is 0 Å². The number of hydrogen-bond acceptors (Lipinski definition) is 27. The van der Waals surface area contributed by atoms with Crippen molar-refractivity contribution in [1.82, 2.24) is 79.1 Å². The van der Waals surface area contributed by atoms with Gasteiger partial charge in [0, 0.05) is 112 Å². The molecule has 0 aliphatic carbocycles. The number of likely N-dealkylation sites (N-methyl/N-ethyl adjacent to an activating group) is 1. The number of ether oxygens (including phenoxy) is 1. The molecule has 0 atom stereocenters. The van der Waals surface area contributed by atoms with Crippen LogP contribution in [0.5, 0.6) is 5.75 Å². The van der Waals surface area contributed by atoms with Crippen LogP contribution in [-0.2, 0) is 14.1 Å². The molecule has 0 bridgehead atoms. The first-order valence-corrected chi connectivity index (χ1v) is 34.0. The van der Waals surface area contributed by atoms with Crippen LogP contribution in [0.1, 0.15) is 96.2 Å². The van der Waals surface area contributed by atoms with Crippen molar-refractivity contribution in [3.63, 3.8) is 0 Å². The summed E-state index contributed by atoms with van der Waals surface area (Å²) < 4.78 is 9.16. The lowest BCUT2D eigenvalue weighted by Crippen LogP contribution is -2.52. The number of methoxy groups -OCH3 is 1. The molecular formula is C63H77N25O5S3. The van der Waals surface area contributed by atoms with Crippen molar-refractivity contribution >= 4 is 142 Å². The van der Waals surface area contributed by atoms with Gasteiger partial charge in [0.1, 0.15) is 37.8 Å². The van der Waals surface area contributed by atoms with E-state index in [2.05, 4.69) is 77.9 Å². The van der Waals surface area contributed by atoms with Crippen molar-refractivity contribution in [2.75, 3.05) is 140 Å². The van der Waals surface area contributed by atoms with Gasteiger partial charge in [-0.1, -0.05) is 0 Å². The number of likely N-dealkylation sites (tertiary alicyclic amines) is 1. The van der Waals surface area contributed by atoms with E-state index in [-0.39, 0.29) is 23.6 Å². The van der Waals surface area contributed by atoms with Crippen molar-refractivity contribution in [1.29, 1.82) is 0 Å². The quantitative estimate of drug-likeness (QED) is 0.103. The zero-order chi connectivity index (χ0) is 68.0. The number of piperidine rings is 1. The number of carbonyl (C=O) groups is 4. The number of amides is 4. The van der Waals surface area contributed by atoms with Crippen LogP contribution in [0, 0.1) is 27.7 Å². The molecule has 3 N–H and O–H groups in total. The van der Waals surface area contributed by atoms with Gasteiger partial charge >= 0.3 is 0 Å². The van der Waals surface area contributed by atoms with Gasteiger partial charge in [0.05, 0.1) is 75.9 Å². The number of rotatable bonds is 12. The minimum absolute atomic E-state index is 0.0181. The lowest BCUT2D eigenvalue weighted by atomic mass is 10.0. The highest BCUT2D eigenvalue weighted by Crippen LogP contribution is 2.45. The third-order valence-electron chi connectivity index (χ3n) is 17.4. The SMILES string of the molecule is CCN1C(=O)c2nc(C)sc2N(C)c2nc(Nc3ccc(C(=O)N4CCC(N5CCN(C)CC5)CC4)cc3OC)ncc21.CCN1C(=O)c2nc(C)sc2N(C)c2nc(Nc3cnn(C)c3)ncc21.CCN1C(=O)c2nc(C)sc2N(C)c2nc(Nc3cnn(C)c3C)ncc21. The normalized spacial score (nSPS) is 15.6. The van der Waals surface area contributed by atoms with E-state index >= 15 is 0 Å². The average molecular weight is 1360 g/mol.